The minimum Gasteiger partial charge on any atom is -0.368 e. The fourth-order valence-electron chi connectivity index (χ4n) is 4.34. The van der Waals surface area contributed by atoms with Crippen LogP contribution in [0, 0.1) is 6.92 Å². The van der Waals surface area contributed by atoms with Crippen molar-refractivity contribution in [3.8, 4) is 0 Å². The summed E-state index contributed by atoms with van der Waals surface area (Å²) in [6, 6.07) is 15.4. The molecule has 4 aromatic rings. The van der Waals surface area contributed by atoms with E-state index in [4.69, 9.17) is 0 Å². The minimum absolute atomic E-state index is 1.09. The summed E-state index contributed by atoms with van der Waals surface area (Å²) in [5, 5.41) is 2.71. The van der Waals surface area contributed by atoms with Crippen molar-refractivity contribution in [2.24, 2.45) is 0 Å². The molecule has 2 aromatic heterocycles. The molecule has 1 saturated heterocycles. The molecule has 0 saturated carbocycles. The van der Waals surface area contributed by atoms with Gasteiger partial charge in [0.25, 0.3) is 0 Å². The zero-order valence-electron chi connectivity index (χ0n) is 15.8. The normalized spacial score (nSPS) is 15.8. The lowest BCUT2D eigenvalue weighted by molar-refractivity contribution is 0.261. The lowest BCUT2D eigenvalue weighted by Gasteiger charge is -2.36. The maximum absolute atomic E-state index is 3.43. The predicted molar refractivity (Wildman–Crippen MR) is 114 cm³/mol. The molecule has 27 heavy (non-hydrogen) atoms. The average Bonchev–Trinajstić information content (AvgIpc) is 3.33. The molecule has 0 atom stereocenters. The second-order valence-corrected chi connectivity index (χ2v) is 7.66. The number of rotatable bonds is 4. The van der Waals surface area contributed by atoms with Crippen molar-refractivity contribution >= 4 is 27.5 Å². The first-order valence-electron chi connectivity index (χ1n) is 9.88. The first-order valence-corrected chi connectivity index (χ1v) is 9.88. The van der Waals surface area contributed by atoms with Crippen LogP contribution < -0.4 is 4.90 Å². The lowest BCUT2D eigenvalue weighted by Crippen LogP contribution is -2.47. The molecular weight excluding hydrogens is 332 g/mol. The van der Waals surface area contributed by atoms with Crippen molar-refractivity contribution < 1.29 is 0 Å². The second kappa shape index (κ2) is 6.78. The van der Waals surface area contributed by atoms with Gasteiger partial charge >= 0.3 is 0 Å². The Kier molecular flexibility index (Phi) is 4.13. The fraction of sp³-hybridized carbons (Fsp3) is 0.304. The number of piperazine rings is 1. The zero-order valence-corrected chi connectivity index (χ0v) is 15.8. The number of hydrogen-bond acceptors (Lipinski definition) is 2. The van der Waals surface area contributed by atoms with Crippen molar-refractivity contribution in [2.45, 2.75) is 13.3 Å². The van der Waals surface area contributed by atoms with Gasteiger partial charge in [-0.1, -0.05) is 18.2 Å². The van der Waals surface area contributed by atoms with Gasteiger partial charge in [-0.2, -0.15) is 0 Å². The molecule has 2 aromatic carbocycles. The molecule has 0 aliphatic carbocycles. The largest absolute Gasteiger partial charge is 0.368 e. The molecule has 1 fully saturated rings. The molecule has 1 aliphatic heterocycles. The molecule has 0 unspecified atom stereocenters. The van der Waals surface area contributed by atoms with Crippen molar-refractivity contribution in [3.05, 3.63) is 66.0 Å². The van der Waals surface area contributed by atoms with Crippen LogP contribution in [0.4, 0.5) is 5.69 Å². The summed E-state index contributed by atoms with van der Waals surface area (Å²) < 4.78 is 0. The van der Waals surface area contributed by atoms with E-state index in [1.165, 1.54) is 38.6 Å². The first-order chi connectivity index (χ1) is 13.3. The molecule has 0 radical (unpaired) electrons. The average molecular weight is 358 g/mol. The summed E-state index contributed by atoms with van der Waals surface area (Å²) >= 11 is 0. The summed E-state index contributed by atoms with van der Waals surface area (Å²) in [6.07, 6.45) is 5.33. The van der Waals surface area contributed by atoms with Crippen molar-refractivity contribution in [1.82, 2.24) is 14.9 Å². The number of fused-ring (bicyclic) bond motifs is 2. The number of nitrogens with zero attached hydrogens (tertiary/aromatic N) is 2. The van der Waals surface area contributed by atoms with Crippen LogP contribution >= 0.6 is 0 Å². The van der Waals surface area contributed by atoms with E-state index in [0.717, 1.165) is 39.1 Å². The third-order valence-corrected chi connectivity index (χ3v) is 5.91. The van der Waals surface area contributed by atoms with Crippen LogP contribution in [0.3, 0.4) is 0 Å². The number of aryl methyl sites for hydroxylation is 1. The van der Waals surface area contributed by atoms with Gasteiger partial charge in [0, 0.05) is 72.6 Å². The van der Waals surface area contributed by atoms with E-state index in [0.29, 0.717) is 0 Å². The Labute approximate surface area is 159 Å². The molecule has 0 bridgehead atoms. The van der Waals surface area contributed by atoms with Crippen LogP contribution in [-0.4, -0.2) is 47.6 Å². The Hall–Kier alpha value is -2.72. The van der Waals surface area contributed by atoms with Gasteiger partial charge in [-0.3, -0.25) is 4.90 Å². The van der Waals surface area contributed by atoms with E-state index in [2.05, 4.69) is 75.4 Å². The molecule has 138 valence electrons. The van der Waals surface area contributed by atoms with Gasteiger partial charge in [0.05, 0.1) is 0 Å². The van der Waals surface area contributed by atoms with Gasteiger partial charge in [-0.25, -0.2) is 0 Å². The molecule has 3 heterocycles. The standard InChI is InChI=1S/C23H26N4/c1-17-5-6-19-18(16-25-22(19)15-17)8-10-26-11-13-27(14-12-26)23-4-2-3-21-20(23)7-9-24-21/h2-7,9,15-16,24-25H,8,10-14H2,1H3. The highest BCUT2D eigenvalue weighted by Crippen LogP contribution is 2.27. The summed E-state index contributed by atoms with van der Waals surface area (Å²) in [4.78, 5) is 11.9. The van der Waals surface area contributed by atoms with Crippen LogP contribution in [0.25, 0.3) is 21.8 Å². The van der Waals surface area contributed by atoms with Crippen molar-refractivity contribution in [3.63, 3.8) is 0 Å². The van der Waals surface area contributed by atoms with Gasteiger partial charge in [0.1, 0.15) is 0 Å². The number of nitrogens with one attached hydrogen (secondary N) is 2. The maximum atomic E-state index is 3.43. The summed E-state index contributed by atoms with van der Waals surface area (Å²) in [6.45, 7) is 7.72. The van der Waals surface area contributed by atoms with Crippen LogP contribution in [-0.2, 0) is 6.42 Å². The van der Waals surface area contributed by atoms with Crippen molar-refractivity contribution in [1.29, 1.82) is 0 Å². The molecular formula is C23H26N4. The van der Waals surface area contributed by atoms with Gasteiger partial charge in [0.2, 0.25) is 0 Å². The summed E-state index contributed by atoms with van der Waals surface area (Å²) in [5.74, 6) is 0. The molecule has 2 N–H and O–H groups in total. The summed E-state index contributed by atoms with van der Waals surface area (Å²) in [5.41, 5.74) is 6.59. The number of H-pyrrole nitrogens is 2. The molecule has 5 rings (SSSR count). The van der Waals surface area contributed by atoms with Crippen LogP contribution in [0.1, 0.15) is 11.1 Å². The van der Waals surface area contributed by atoms with E-state index in [9.17, 15) is 0 Å². The third-order valence-electron chi connectivity index (χ3n) is 5.91. The molecule has 0 spiro atoms. The number of hydrogen-bond donors (Lipinski definition) is 2. The second-order valence-electron chi connectivity index (χ2n) is 7.66. The van der Waals surface area contributed by atoms with E-state index < -0.39 is 0 Å². The number of benzene rings is 2. The predicted octanol–water partition coefficient (Wildman–Crippen LogP) is 4.32. The van der Waals surface area contributed by atoms with Gasteiger partial charge in [-0.05, 0) is 48.7 Å². The SMILES string of the molecule is Cc1ccc2c(CCN3CCN(c4cccc5[nH]ccc45)CC3)c[nH]c2c1. The van der Waals surface area contributed by atoms with Gasteiger partial charge < -0.3 is 14.9 Å². The Balaban J connectivity index is 1.22. The Morgan fingerprint density at radius 2 is 1.78 bits per heavy atom. The lowest BCUT2D eigenvalue weighted by atomic mass is 10.1. The van der Waals surface area contributed by atoms with E-state index in [-0.39, 0.29) is 0 Å². The van der Waals surface area contributed by atoms with Crippen LogP contribution in [0.5, 0.6) is 0 Å². The van der Waals surface area contributed by atoms with E-state index in [1.807, 2.05) is 6.20 Å². The highest BCUT2D eigenvalue weighted by molar-refractivity contribution is 5.92. The quantitative estimate of drug-likeness (QED) is 0.570. The molecule has 4 nitrogen and oxygen atoms in total. The molecule has 4 heteroatoms. The molecule has 1 aliphatic rings. The highest BCUT2D eigenvalue weighted by Gasteiger charge is 2.19. The van der Waals surface area contributed by atoms with Crippen LogP contribution in [0.15, 0.2) is 54.9 Å². The van der Waals surface area contributed by atoms with E-state index in [1.54, 1.807) is 0 Å². The van der Waals surface area contributed by atoms with Gasteiger partial charge in [0.15, 0.2) is 0 Å². The zero-order chi connectivity index (χ0) is 18.2. The van der Waals surface area contributed by atoms with Crippen molar-refractivity contribution in [2.75, 3.05) is 37.6 Å². The third kappa shape index (κ3) is 3.10. The van der Waals surface area contributed by atoms with E-state index >= 15 is 0 Å². The first kappa shape index (κ1) is 16.5. The highest BCUT2D eigenvalue weighted by atomic mass is 15.3. The number of anilines is 1. The Bertz CT molecular complexity index is 1070. The fourth-order valence-corrected chi connectivity index (χ4v) is 4.34. The Morgan fingerprint density at radius 1 is 0.889 bits per heavy atom. The smallest absolute Gasteiger partial charge is 0.0474 e. The number of aromatic amines is 2. The molecule has 0 amide bonds. The minimum atomic E-state index is 1.09. The van der Waals surface area contributed by atoms with Gasteiger partial charge in [-0.15, -0.1) is 0 Å². The summed E-state index contributed by atoms with van der Waals surface area (Å²) in [7, 11) is 0. The van der Waals surface area contributed by atoms with Crippen LogP contribution in [0.2, 0.25) is 0 Å². The Morgan fingerprint density at radius 3 is 2.67 bits per heavy atom. The maximum Gasteiger partial charge on any atom is 0.0474 e. The topological polar surface area (TPSA) is 38.1 Å². The monoisotopic (exact) mass is 358 g/mol. The number of aromatic nitrogens is 2.